The molecule has 0 aromatic heterocycles. The summed E-state index contributed by atoms with van der Waals surface area (Å²) in [5, 5.41) is 3.08. The third-order valence-corrected chi connectivity index (χ3v) is 6.14. The van der Waals surface area contributed by atoms with Crippen LogP contribution in [0.5, 0.6) is 11.5 Å². The number of amides is 2. The van der Waals surface area contributed by atoms with Gasteiger partial charge in [-0.1, -0.05) is 67.1 Å². The number of carbonyl (C=O) groups excluding carboxylic acids is 2. The second-order valence-electron chi connectivity index (χ2n) is 9.00. The van der Waals surface area contributed by atoms with Gasteiger partial charge in [-0.2, -0.15) is 0 Å². The quantitative estimate of drug-likeness (QED) is 0.392. The van der Waals surface area contributed by atoms with Crippen molar-refractivity contribution in [2.75, 3.05) is 13.7 Å². The van der Waals surface area contributed by atoms with Gasteiger partial charge < -0.3 is 19.7 Å². The molecule has 0 radical (unpaired) electrons. The predicted molar refractivity (Wildman–Crippen MR) is 142 cm³/mol. The highest BCUT2D eigenvalue weighted by molar-refractivity contribution is 5.88. The Balaban J connectivity index is 1.92. The van der Waals surface area contributed by atoms with Crippen LogP contribution in [0, 0.1) is 6.92 Å². The number of carbonyl (C=O) groups is 2. The Bertz CT molecular complexity index is 1120. The van der Waals surface area contributed by atoms with Gasteiger partial charge in [-0.25, -0.2) is 0 Å². The molecule has 2 atom stereocenters. The van der Waals surface area contributed by atoms with Crippen molar-refractivity contribution in [1.82, 2.24) is 10.2 Å². The molecule has 0 fully saturated rings. The fourth-order valence-electron chi connectivity index (χ4n) is 3.83. The molecule has 190 valence electrons. The lowest BCUT2D eigenvalue weighted by Gasteiger charge is -2.32. The second kappa shape index (κ2) is 13.3. The van der Waals surface area contributed by atoms with E-state index in [1.807, 2.05) is 99.6 Å². The van der Waals surface area contributed by atoms with Gasteiger partial charge >= 0.3 is 0 Å². The molecule has 6 heteroatoms. The molecule has 0 saturated heterocycles. The van der Waals surface area contributed by atoms with Gasteiger partial charge in [-0.05, 0) is 55.7 Å². The first-order valence-corrected chi connectivity index (χ1v) is 12.4. The van der Waals surface area contributed by atoms with E-state index in [9.17, 15) is 9.59 Å². The highest BCUT2D eigenvalue weighted by atomic mass is 16.5. The van der Waals surface area contributed by atoms with E-state index in [2.05, 4.69) is 5.32 Å². The van der Waals surface area contributed by atoms with Crippen LogP contribution in [0.2, 0.25) is 0 Å². The summed E-state index contributed by atoms with van der Waals surface area (Å²) in [6.45, 7) is 6.06. The molecule has 0 bridgehead atoms. The van der Waals surface area contributed by atoms with E-state index in [0.717, 1.165) is 23.1 Å². The highest BCUT2D eigenvalue weighted by Gasteiger charge is 2.31. The average molecular weight is 489 g/mol. The number of benzene rings is 3. The number of ether oxygens (including phenoxy) is 2. The van der Waals surface area contributed by atoms with E-state index >= 15 is 0 Å². The third-order valence-electron chi connectivity index (χ3n) is 6.14. The standard InChI is InChI=1S/C30H36N2O4/c1-5-23(3)31-30(34)28(19-24-10-7-6-8-11-24)32(20-25-12-9-13-27(18-25)35-4)29(33)21-36-26-16-14-22(2)15-17-26/h6-18,23,28H,5,19-21H2,1-4H3,(H,31,34). The molecule has 2 amide bonds. The van der Waals surface area contributed by atoms with Crippen molar-refractivity contribution in [3.05, 3.63) is 95.6 Å². The SMILES string of the molecule is CCC(C)NC(=O)C(Cc1ccccc1)N(Cc1cccc(OC)c1)C(=O)COc1ccc(C)cc1. The number of nitrogens with zero attached hydrogens (tertiary/aromatic N) is 1. The van der Waals surface area contributed by atoms with Gasteiger partial charge in [-0.3, -0.25) is 9.59 Å². The summed E-state index contributed by atoms with van der Waals surface area (Å²) < 4.78 is 11.2. The molecule has 1 N–H and O–H groups in total. The van der Waals surface area contributed by atoms with Crippen molar-refractivity contribution in [1.29, 1.82) is 0 Å². The number of rotatable bonds is 12. The number of methoxy groups -OCH3 is 1. The van der Waals surface area contributed by atoms with Gasteiger partial charge in [0.25, 0.3) is 5.91 Å². The maximum atomic E-state index is 13.6. The summed E-state index contributed by atoms with van der Waals surface area (Å²) in [4.78, 5) is 28.8. The molecule has 0 aliphatic heterocycles. The number of nitrogens with one attached hydrogen (secondary N) is 1. The maximum Gasteiger partial charge on any atom is 0.261 e. The van der Waals surface area contributed by atoms with Gasteiger partial charge in [0.15, 0.2) is 6.61 Å². The number of hydrogen-bond donors (Lipinski definition) is 1. The van der Waals surface area contributed by atoms with E-state index in [0.29, 0.717) is 17.9 Å². The van der Waals surface area contributed by atoms with Crippen molar-refractivity contribution in [3.63, 3.8) is 0 Å². The molecule has 3 aromatic carbocycles. The van der Waals surface area contributed by atoms with Gasteiger partial charge in [0.05, 0.1) is 7.11 Å². The molecular weight excluding hydrogens is 452 g/mol. The van der Waals surface area contributed by atoms with Crippen LogP contribution in [0.3, 0.4) is 0 Å². The monoisotopic (exact) mass is 488 g/mol. The topological polar surface area (TPSA) is 67.9 Å². The van der Waals surface area contributed by atoms with Crippen LogP contribution in [0.4, 0.5) is 0 Å². The van der Waals surface area contributed by atoms with Crippen LogP contribution in [0.1, 0.15) is 37.0 Å². The van der Waals surface area contributed by atoms with E-state index in [1.165, 1.54) is 0 Å². The minimum absolute atomic E-state index is 0.00615. The largest absolute Gasteiger partial charge is 0.497 e. The molecule has 36 heavy (non-hydrogen) atoms. The Hall–Kier alpha value is -3.80. The molecule has 0 aliphatic carbocycles. The zero-order chi connectivity index (χ0) is 25.9. The van der Waals surface area contributed by atoms with E-state index < -0.39 is 6.04 Å². The van der Waals surface area contributed by atoms with Crippen molar-refractivity contribution in [2.24, 2.45) is 0 Å². The van der Waals surface area contributed by atoms with Crippen LogP contribution in [-0.2, 0) is 22.6 Å². The van der Waals surface area contributed by atoms with Crippen LogP contribution >= 0.6 is 0 Å². The number of aryl methyl sites for hydroxylation is 1. The molecule has 2 unspecified atom stereocenters. The van der Waals surface area contributed by atoms with Gasteiger partial charge in [-0.15, -0.1) is 0 Å². The average Bonchev–Trinajstić information content (AvgIpc) is 2.90. The predicted octanol–water partition coefficient (Wildman–Crippen LogP) is 4.94. The zero-order valence-electron chi connectivity index (χ0n) is 21.6. The lowest BCUT2D eigenvalue weighted by molar-refractivity contribution is -0.143. The first-order valence-electron chi connectivity index (χ1n) is 12.4. The first kappa shape index (κ1) is 26.8. The van der Waals surface area contributed by atoms with Crippen LogP contribution in [0.25, 0.3) is 0 Å². The van der Waals surface area contributed by atoms with E-state index in [1.54, 1.807) is 12.0 Å². The summed E-state index contributed by atoms with van der Waals surface area (Å²) in [6.07, 6.45) is 1.19. The Morgan fingerprint density at radius 3 is 2.28 bits per heavy atom. The summed E-state index contributed by atoms with van der Waals surface area (Å²) in [6, 6.07) is 24.1. The lowest BCUT2D eigenvalue weighted by atomic mass is 10.0. The Morgan fingerprint density at radius 2 is 1.61 bits per heavy atom. The molecule has 6 nitrogen and oxygen atoms in total. The minimum Gasteiger partial charge on any atom is -0.497 e. The number of hydrogen-bond acceptors (Lipinski definition) is 4. The zero-order valence-corrected chi connectivity index (χ0v) is 21.6. The fraction of sp³-hybridized carbons (Fsp3) is 0.333. The summed E-state index contributed by atoms with van der Waals surface area (Å²) in [7, 11) is 1.61. The molecule has 0 aliphatic rings. The summed E-state index contributed by atoms with van der Waals surface area (Å²) >= 11 is 0. The normalized spacial score (nSPS) is 12.3. The van der Waals surface area contributed by atoms with Crippen molar-refractivity contribution in [2.45, 2.75) is 52.2 Å². The Kier molecular flexibility index (Phi) is 9.92. The first-order chi connectivity index (χ1) is 17.4. The van der Waals surface area contributed by atoms with Gasteiger partial charge in [0, 0.05) is 19.0 Å². The lowest BCUT2D eigenvalue weighted by Crippen LogP contribution is -2.53. The van der Waals surface area contributed by atoms with Crippen LogP contribution < -0.4 is 14.8 Å². The molecule has 0 spiro atoms. The third kappa shape index (κ3) is 7.87. The minimum atomic E-state index is -0.707. The van der Waals surface area contributed by atoms with E-state index in [4.69, 9.17) is 9.47 Å². The van der Waals surface area contributed by atoms with Gasteiger partial charge in [0.2, 0.25) is 5.91 Å². The summed E-state index contributed by atoms with van der Waals surface area (Å²) in [5.74, 6) is 0.858. The second-order valence-corrected chi connectivity index (χ2v) is 9.00. The smallest absolute Gasteiger partial charge is 0.261 e. The highest BCUT2D eigenvalue weighted by Crippen LogP contribution is 2.19. The molecule has 0 saturated carbocycles. The Labute approximate surface area is 214 Å². The van der Waals surface area contributed by atoms with Crippen LogP contribution in [0.15, 0.2) is 78.9 Å². The van der Waals surface area contributed by atoms with Crippen molar-refractivity contribution < 1.29 is 19.1 Å². The molecule has 3 rings (SSSR count). The van der Waals surface area contributed by atoms with Crippen molar-refractivity contribution >= 4 is 11.8 Å². The van der Waals surface area contributed by atoms with E-state index in [-0.39, 0.29) is 31.0 Å². The maximum absolute atomic E-state index is 13.6. The van der Waals surface area contributed by atoms with Crippen LogP contribution in [-0.4, -0.2) is 42.5 Å². The Morgan fingerprint density at radius 1 is 0.917 bits per heavy atom. The molecular formula is C30H36N2O4. The van der Waals surface area contributed by atoms with Crippen molar-refractivity contribution in [3.8, 4) is 11.5 Å². The van der Waals surface area contributed by atoms with Gasteiger partial charge in [0.1, 0.15) is 17.5 Å². The molecule has 3 aromatic rings. The fourth-order valence-corrected chi connectivity index (χ4v) is 3.83. The summed E-state index contributed by atoms with van der Waals surface area (Å²) in [5.41, 5.74) is 2.95. The molecule has 0 heterocycles.